The minimum Gasteiger partial charge on any atom is -0.349 e. The molecule has 0 aliphatic carbocycles. The first kappa shape index (κ1) is 10.2. The van der Waals surface area contributed by atoms with E-state index in [0.717, 1.165) is 12.0 Å². The zero-order valence-electron chi connectivity index (χ0n) is 9.50. The number of benzene rings is 1. The summed E-state index contributed by atoms with van der Waals surface area (Å²) in [4.78, 5) is 11.7. The molecule has 1 aromatic carbocycles. The molecule has 0 bridgehead atoms. The molecule has 0 saturated carbocycles. The highest BCUT2D eigenvalue weighted by Gasteiger charge is 2.21. The molecule has 0 saturated heterocycles. The molecule has 1 heterocycles. The first-order chi connectivity index (χ1) is 7.08. The monoisotopic (exact) mass is 203 g/mol. The molecule has 1 aliphatic rings. The molecule has 1 unspecified atom stereocenters. The number of carbonyl (C=O) groups is 1. The van der Waals surface area contributed by atoms with Crippen LogP contribution in [0.2, 0.25) is 0 Å². The highest BCUT2D eigenvalue weighted by Crippen LogP contribution is 2.22. The van der Waals surface area contributed by atoms with Crippen LogP contribution in [-0.4, -0.2) is 11.9 Å². The lowest BCUT2D eigenvalue weighted by Gasteiger charge is -2.23. The molecule has 1 aromatic rings. The zero-order valence-corrected chi connectivity index (χ0v) is 9.50. The number of amides is 1. The molecule has 0 aromatic heterocycles. The van der Waals surface area contributed by atoms with Crippen molar-refractivity contribution in [3.05, 3.63) is 34.9 Å². The standard InChI is InChI=1S/C13H17NO/c1-8(2)10-4-5-12-11(7-10)6-9(3)14-13(12)15/h4-5,7-9H,6H2,1-3H3,(H,14,15). The summed E-state index contributed by atoms with van der Waals surface area (Å²) in [5, 5.41) is 2.95. The fourth-order valence-electron chi connectivity index (χ4n) is 2.05. The van der Waals surface area contributed by atoms with Gasteiger partial charge in [-0.1, -0.05) is 26.0 Å². The minimum atomic E-state index is 0.0686. The number of nitrogens with one attached hydrogen (secondary N) is 1. The molecule has 0 fully saturated rings. The van der Waals surface area contributed by atoms with Crippen molar-refractivity contribution >= 4 is 5.91 Å². The SMILES string of the molecule is CC1Cc2cc(C(C)C)ccc2C(=O)N1. The summed E-state index contributed by atoms with van der Waals surface area (Å²) in [7, 11) is 0. The van der Waals surface area contributed by atoms with Crippen molar-refractivity contribution in [2.75, 3.05) is 0 Å². The van der Waals surface area contributed by atoms with Gasteiger partial charge < -0.3 is 5.32 Å². The van der Waals surface area contributed by atoms with E-state index in [0.29, 0.717) is 5.92 Å². The summed E-state index contributed by atoms with van der Waals surface area (Å²) in [6.45, 7) is 6.39. The second-order valence-corrected chi connectivity index (χ2v) is 4.65. The Morgan fingerprint density at radius 1 is 1.40 bits per heavy atom. The van der Waals surface area contributed by atoms with E-state index in [-0.39, 0.29) is 11.9 Å². The van der Waals surface area contributed by atoms with Gasteiger partial charge in [0.25, 0.3) is 5.91 Å². The van der Waals surface area contributed by atoms with Gasteiger partial charge >= 0.3 is 0 Å². The summed E-state index contributed by atoms with van der Waals surface area (Å²) in [6.07, 6.45) is 0.946. The largest absolute Gasteiger partial charge is 0.349 e. The molecular formula is C13H17NO. The highest BCUT2D eigenvalue weighted by atomic mass is 16.1. The summed E-state index contributed by atoms with van der Waals surface area (Å²) < 4.78 is 0. The van der Waals surface area contributed by atoms with Crippen LogP contribution < -0.4 is 5.32 Å². The summed E-state index contributed by atoms with van der Waals surface area (Å²) in [5.41, 5.74) is 3.35. The number of carbonyl (C=O) groups excluding carboxylic acids is 1. The fraction of sp³-hybridized carbons (Fsp3) is 0.462. The van der Waals surface area contributed by atoms with Gasteiger partial charge in [-0.15, -0.1) is 0 Å². The van der Waals surface area contributed by atoms with Gasteiger partial charge in [0.15, 0.2) is 0 Å². The van der Waals surface area contributed by atoms with Crippen molar-refractivity contribution < 1.29 is 4.79 Å². The van der Waals surface area contributed by atoms with Crippen molar-refractivity contribution in [3.8, 4) is 0 Å². The van der Waals surface area contributed by atoms with Crippen LogP contribution in [0.5, 0.6) is 0 Å². The van der Waals surface area contributed by atoms with E-state index >= 15 is 0 Å². The van der Waals surface area contributed by atoms with E-state index in [4.69, 9.17) is 0 Å². The molecule has 1 aliphatic heterocycles. The maximum absolute atomic E-state index is 11.7. The van der Waals surface area contributed by atoms with Crippen molar-refractivity contribution in [2.24, 2.45) is 0 Å². The van der Waals surface area contributed by atoms with Gasteiger partial charge in [0.2, 0.25) is 0 Å². The molecule has 0 radical (unpaired) electrons. The van der Waals surface area contributed by atoms with Crippen LogP contribution in [0.15, 0.2) is 18.2 Å². The summed E-state index contributed by atoms with van der Waals surface area (Å²) in [5.74, 6) is 0.592. The van der Waals surface area contributed by atoms with E-state index in [2.05, 4.69) is 31.3 Å². The molecule has 2 rings (SSSR count). The first-order valence-corrected chi connectivity index (χ1v) is 5.51. The van der Waals surface area contributed by atoms with Crippen molar-refractivity contribution in [1.82, 2.24) is 5.32 Å². The molecule has 1 amide bonds. The molecular weight excluding hydrogens is 186 g/mol. The molecule has 2 heteroatoms. The minimum absolute atomic E-state index is 0.0686. The third-order valence-corrected chi connectivity index (χ3v) is 2.94. The molecule has 15 heavy (non-hydrogen) atoms. The zero-order chi connectivity index (χ0) is 11.0. The van der Waals surface area contributed by atoms with Crippen LogP contribution in [0.1, 0.15) is 48.2 Å². The fourth-order valence-corrected chi connectivity index (χ4v) is 2.05. The van der Waals surface area contributed by atoms with Gasteiger partial charge in [0.1, 0.15) is 0 Å². The number of fused-ring (bicyclic) bond motifs is 1. The molecule has 1 N–H and O–H groups in total. The van der Waals surface area contributed by atoms with Gasteiger partial charge in [-0.05, 0) is 36.5 Å². The van der Waals surface area contributed by atoms with Gasteiger partial charge in [-0.2, -0.15) is 0 Å². The second-order valence-electron chi connectivity index (χ2n) is 4.65. The average molecular weight is 203 g/mol. The predicted octanol–water partition coefficient (Wildman–Crippen LogP) is 2.48. The van der Waals surface area contributed by atoms with E-state index < -0.39 is 0 Å². The second kappa shape index (κ2) is 3.69. The van der Waals surface area contributed by atoms with Crippen molar-refractivity contribution in [2.45, 2.75) is 39.2 Å². The lowest BCUT2D eigenvalue weighted by molar-refractivity contribution is 0.0929. The Hall–Kier alpha value is -1.31. The quantitative estimate of drug-likeness (QED) is 0.746. The highest BCUT2D eigenvalue weighted by molar-refractivity contribution is 5.97. The van der Waals surface area contributed by atoms with Crippen LogP contribution in [0, 0.1) is 0 Å². The Bertz CT molecular complexity index is 396. The third kappa shape index (κ3) is 1.89. The van der Waals surface area contributed by atoms with Crippen LogP contribution in [-0.2, 0) is 6.42 Å². The Morgan fingerprint density at radius 2 is 2.13 bits per heavy atom. The van der Waals surface area contributed by atoms with E-state index in [9.17, 15) is 4.79 Å². The third-order valence-electron chi connectivity index (χ3n) is 2.94. The summed E-state index contributed by atoms with van der Waals surface area (Å²) >= 11 is 0. The normalized spacial score (nSPS) is 20.0. The van der Waals surface area contributed by atoms with E-state index in [1.165, 1.54) is 11.1 Å². The van der Waals surface area contributed by atoms with E-state index in [1.54, 1.807) is 0 Å². The number of hydrogen-bond acceptors (Lipinski definition) is 1. The Labute approximate surface area is 90.7 Å². The molecule has 0 spiro atoms. The lowest BCUT2D eigenvalue weighted by atomic mass is 9.91. The van der Waals surface area contributed by atoms with Crippen molar-refractivity contribution in [3.63, 3.8) is 0 Å². The molecule has 80 valence electrons. The van der Waals surface area contributed by atoms with Crippen LogP contribution in [0.3, 0.4) is 0 Å². The molecule has 2 nitrogen and oxygen atoms in total. The van der Waals surface area contributed by atoms with Crippen molar-refractivity contribution in [1.29, 1.82) is 0 Å². The van der Waals surface area contributed by atoms with E-state index in [1.807, 2.05) is 13.0 Å². The maximum atomic E-state index is 11.7. The number of rotatable bonds is 1. The van der Waals surface area contributed by atoms with Gasteiger partial charge in [0, 0.05) is 11.6 Å². The van der Waals surface area contributed by atoms with Gasteiger partial charge in [-0.3, -0.25) is 4.79 Å². The Balaban J connectivity index is 2.43. The maximum Gasteiger partial charge on any atom is 0.251 e. The van der Waals surface area contributed by atoms with Crippen LogP contribution in [0.25, 0.3) is 0 Å². The number of hydrogen-bond donors (Lipinski definition) is 1. The average Bonchev–Trinajstić information content (AvgIpc) is 2.16. The Kier molecular flexibility index (Phi) is 2.51. The first-order valence-electron chi connectivity index (χ1n) is 5.51. The lowest BCUT2D eigenvalue weighted by Crippen LogP contribution is -2.39. The van der Waals surface area contributed by atoms with Crippen LogP contribution >= 0.6 is 0 Å². The van der Waals surface area contributed by atoms with Gasteiger partial charge in [0.05, 0.1) is 0 Å². The Morgan fingerprint density at radius 3 is 2.80 bits per heavy atom. The summed E-state index contributed by atoms with van der Waals surface area (Å²) in [6, 6.07) is 6.44. The molecule has 1 atom stereocenters. The van der Waals surface area contributed by atoms with Gasteiger partial charge in [-0.25, -0.2) is 0 Å². The predicted molar refractivity (Wildman–Crippen MR) is 61.2 cm³/mol. The smallest absolute Gasteiger partial charge is 0.251 e. The topological polar surface area (TPSA) is 29.1 Å². The van der Waals surface area contributed by atoms with Crippen LogP contribution in [0.4, 0.5) is 0 Å².